The van der Waals surface area contributed by atoms with Gasteiger partial charge in [-0.3, -0.25) is 0 Å². The Morgan fingerprint density at radius 2 is 0.717 bits per heavy atom. The monoisotopic (exact) mass is 666 g/mol. The van der Waals surface area contributed by atoms with Gasteiger partial charge in [0, 0.05) is 0 Å². The topological polar surface area (TPSA) is 116 Å². The molecule has 0 aliphatic heterocycles. The summed E-state index contributed by atoms with van der Waals surface area (Å²) in [5, 5.41) is 9.40. The lowest BCUT2D eigenvalue weighted by molar-refractivity contribution is 0.297. The molecule has 0 radical (unpaired) electrons. The van der Waals surface area contributed by atoms with E-state index in [4.69, 9.17) is 14.2 Å². The highest BCUT2D eigenvalue weighted by atomic mass is 32.2. The number of phenolic OH excluding ortho intramolecular Hbond substituents is 1. The molecule has 0 bridgehead atoms. The van der Waals surface area contributed by atoms with Gasteiger partial charge in [-0.25, -0.2) is 16.8 Å². The van der Waals surface area contributed by atoms with Gasteiger partial charge in [-0.2, -0.15) is 0 Å². The molecule has 0 saturated carbocycles. The van der Waals surface area contributed by atoms with Crippen molar-refractivity contribution in [2.45, 2.75) is 77.9 Å². The molecular formula is C36H42O8S2. The molecule has 1 N–H and O–H groups in total. The molecule has 246 valence electrons. The number of hydrogen-bond donors (Lipinski definition) is 1. The Bertz CT molecular complexity index is 1700. The first-order chi connectivity index (χ1) is 22.2. The van der Waals surface area contributed by atoms with Crippen LogP contribution < -0.4 is 14.2 Å². The van der Waals surface area contributed by atoms with E-state index < -0.39 is 19.7 Å². The van der Waals surface area contributed by atoms with Crippen LogP contribution in [0.1, 0.15) is 58.3 Å². The Hall–Kier alpha value is -4.02. The average Bonchev–Trinajstić information content (AvgIpc) is 3.06. The van der Waals surface area contributed by atoms with Crippen molar-refractivity contribution in [1.29, 1.82) is 0 Å². The van der Waals surface area contributed by atoms with Gasteiger partial charge in [0.2, 0.25) is 19.7 Å². The average molecular weight is 667 g/mol. The van der Waals surface area contributed by atoms with Gasteiger partial charge in [-0.15, -0.1) is 0 Å². The standard InChI is InChI=1S/C36H42O8S2/c1-2-3-26-42-30-12-20-35(21-13-30)46(40,41)36-24-16-32(17-25-36)44-28-9-7-5-4-6-8-27-43-31-14-22-34(23-15-31)45(38,39)33-18-10-29(37)11-19-33/h10-25,37H,2-9,26-28H2,1H3. The number of hydrogen-bond acceptors (Lipinski definition) is 8. The molecule has 10 heteroatoms. The lowest BCUT2D eigenvalue weighted by atomic mass is 10.1. The second-order valence-corrected chi connectivity index (χ2v) is 14.8. The molecule has 0 spiro atoms. The first-order valence-electron chi connectivity index (χ1n) is 15.7. The molecule has 4 aromatic rings. The van der Waals surface area contributed by atoms with Crippen molar-refractivity contribution >= 4 is 19.7 Å². The van der Waals surface area contributed by atoms with Crippen molar-refractivity contribution < 1.29 is 36.2 Å². The largest absolute Gasteiger partial charge is 0.508 e. The minimum absolute atomic E-state index is 0.0132. The number of aromatic hydroxyl groups is 1. The van der Waals surface area contributed by atoms with Crippen LogP contribution in [0, 0.1) is 0 Å². The zero-order chi connectivity index (χ0) is 32.8. The lowest BCUT2D eigenvalue weighted by Crippen LogP contribution is -2.03. The second-order valence-electron chi connectivity index (χ2n) is 10.9. The van der Waals surface area contributed by atoms with Crippen LogP contribution in [0.5, 0.6) is 23.0 Å². The summed E-state index contributed by atoms with van der Waals surface area (Å²) < 4.78 is 68.7. The molecule has 0 unspecified atom stereocenters. The van der Waals surface area contributed by atoms with Crippen molar-refractivity contribution in [3.63, 3.8) is 0 Å². The zero-order valence-electron chi connectivity index (χ0n) is 26.1. The Kier molecular flexibility index (Phi) is 12.9. The Morgan fingerprint density at radius 3 is 1.04 bits per heavy atom. The van der Waals surface area contributed by atoms with E-state index in [1.54, 1.807) is 60.7 Å². The van der Waals surface area contributed by atoms with E-state index in [-0.39, 0.29) is 25.3 Å². The maximum atomic E-state index is 13.0. The van der Waals surface area contributed by atoms with Gasteiger partial charge in [0.15, 0.2) is 0 Å². The van der Waals surface area contributed by atoms with E-state index in [1.807, 2.05) is 0 Å². The van der Waals surface area contributed by atoms with Crippen LogP contribution in [-0.4, -0.2) is 41.8 Å². The molecule has 4 rings (SSSR count). The minimum atomic E-state index is -3.65. The van der Waals surface area contributed by atoms with E-state index in [1.165, 1.54) is 36.4 Å². The van der Waals surface area contributed by atoms with Crippen molar-refractivity contribution in [3.05, 3.63) is 97.1 Å². The van der Waals surface area contributed by atoms with Gasteiger partial charge in [-0.1, -0.05) is 39.0 Å². The maximum Gasteiger partial charge on any atom is 0.206 e. The maximum absolute atomic E-state index is 13.0. The molecule has 0 atom stereocenters. The fraction of sp³-hybridized carbons (Fsp3) is 0.333. The molecule has 0 heterocycles. The highest BCUT2D eigenvalue weighted by molar-refractivity contribution is 7.91. The van der Waals surface area contributed by atoms with Crippen LogP contribution in [0.3, 0.4) is 0 Å². The number of rotatable bonds is 19. The Morgan fingerprint density at radius 1 is 0.435 bits per heavy atom. The van der Waals surface area contributed by atoms with Crippen LogP contribution in [-0.2, 0) is 19.7 Å². The predicted molar refractivity (Wildman–Crippen MR) is 177 cm³/mol. The first-order valence-corrected chi connectivity index (χ1v) is 18.6. The van der Waals surface area contributed by atoms with Crippen LogP contribution >= 0.6 is 0 Å². The SMILES string of the molecule is CCCCOc1ccc(S(=O)(=O)c2ccc(OCCCCCCCCOc3ccc(S(=O)(=O)c4ccc(O)cc4)cc3)cc2)cc1. The highest BCUT2D eigenvalue weighted by Crippen LogP contribution is 2.26. The van der Waals surface area contributed by atoms with Crippen molar-refractivity contribution in [2.24, 2.45) is 0 Å². The van der Waals surface area contributed by atoms with Gasteiger partial charge in [0.1, 0.15) is 23.0 Å². The Balaban J connectivity index is 1.07. The van der Waals surface area contributed by atoms with E-state index in [0.29, 0.717) is 37.1 Å². The van der Waals surface area contributed by atoms with Crippen LogP contribution in [0.25, 0.3) is 0 Å². The van der Waals surface area contributed by atoms with Crippen LogP contribution in [0.2, 0.25) is 0 Å². The molecule has 4 aromatic carbocycles. The quantitative estimate of drug-likeness (QED) is 0.100. The summed E-state index contributed by atoms with van der Waals surface area (Å²) in [5.41, 5.74) is 0. The highest BCUT2D eigenvalue weighted by Gasteiger charge is 2.19. The number of unbranched alkanes of at least 4 members (excludes halogenated alkanes) is 6. The van der Waals surface area contributed by atoms with Crippen LogP contribution in [0.4, 0.5) is 0 Å². The fourth-order valence-corrected chi connectivity index (χ4v) is 7.19. The van der Waals surface area contributed by atoms with Crippen molar-refractivity contribution in [1.82, 2.24) is 0 Å². The molecule has 0 aliphatic carbocycles. The number of phenols is 1. The molecule has 0 aliphatic rings. The second kappa shape index (κ2) is 17.1. The van der Waals surface area contributed by atoms with E-state index in [9.17, 15) is 21.9 Å². The summed E-state index contributed by atoms with van der Waals surface area (Å²) in [6, 6.07) is 24.9. The first kappa shape index (κ1) is 34.8. The molecule has 8 nitrogen and oxygen atoms in total. The fourth-order valence-electron chi connectivity index (χ4n) is 4.67. The van der Waals surface area contributed by atoms with Crippen LogP contribution in [0.15, 0.2) is 117 Å². The normalized spacial score (nSPS) is 11.7. The summed E-state index contributed by atoms with van der Waals surface area (Å²) in [6.07, 6.45) is 8.00. The number of sulfone groups is 2. The van der Waals surface area contributed by atoms with E-state index in [2.05, 4.69) is 6.92 Å². The predicted octanol–water partition coefficient (Wildman–Crippen LogP) is 8.04. The van der Waals surface area contributed by atoms with Gasteiger partial charge in [-0.05, 0) is 116 Å². The number of benzene rings is 4. The minimum Gasteiger partial charge on any atom is -0.508 e. The molecule has 0 aromatic heterocycles. The van der Waals surface area contributed by atoms with Crippen molar-refractivity contribution in [2.75, 3.05) is 19.8 Å². The summed E-state index contributed by atoms with van der Waals surface area (Å²) in [6.45, 7) is 3.82. The summed E-state index contributed by atoms with van der Waals surface area (Å²) >= 11 is 0. The van der Waals surface area contributed by atoms with Gasteiger partial charge in [0.05, 0.1) is 39.4 Å². The molecule has 0 saturated heterocycles. The molecule has 46 heavy (non-hydrogen) atoms. The molecular weight excluding hydrogens is 625 g/mol. The third-order valence-electron chi connectivity index (χ3n) is 7.39. The van der Waals surface area contributed by atoms with E-state index >= 15 is 0 Å². The van der Waals surface area contributed by atoms with Crippen molar-refractivity contribution in [3.8, 4) is 23.0 Å². The van der Waals surface area contributed by atoms with Gasteiger partial charge in [0.25, 0.3) is 0 Å². The summed E-state index contributed by atoms with van der Waals surface area (Å²) in [5.74, 6) is 1.93. The smallest absolute Gasteiger partial charge is 0.206 e. The zero-order valence-corrected chi connectivity index (χ0v) is 27.8. The lowest BCUT2D eigenvalue weighted by Gasteiger charge is -2.10. The van der Waals surface area contributed by atoms with Gasteiger partial charge < -0.3 is 19.3 Å². The number of ether oxygens (including phenoxy) is 3. The third kappa shape index (κ3) is 9.99. The third-order valence-corrected chi connectivity index (χ3v) is 11.0. The Labute approximate surface area is 272 Å². The van der Waals surface area contributed by atoms with E-state index in [0.717, 1.165) is 51.4 Å². The molecule has 0 fully saturated rings. The summed E-state index contributed by atoms with van der Waals surface area (Å²) in [7, 11) is -7.27. The van der Waals surface area contributed by atoms with Gasteiger partial charge >= 0.3 is 0 Å². The molecule has 0 amide bonds. The summed E-state index contributed by atoms with van der Waals surface area (Å²) in [4.78, 5) is 0.744.